The molecule has 7 nitrogen and oxygen atoms in total. The van der Waals surface area contributed by atoms with Gasteiger partial charge in [-0.2, -0.15) is 13.9 Å². The first-order valence-corrected chi connectivity index (χ1v) is 11.4. The highest BCUT2D eigenvalue weighted by atomic mass is 19.3. The van der Waals surface area contributed by atoms with Gasteiger partial charge >= 0.3 is 6.55 Å². The Kier molecular flexibility index (Phi) is 4.34. The molecule has 0 amide bonds. The number of rotatable bonds is 3. The van der Waals surface area contributed by atoms with Gasteiger partial charge in [-0.1, -0.05) is 0 Å². The molecule has 3 aliphatic rings. The van der Waals surface area contributed by atoms with Crippen molar-refractivity contribution in [2.24, 2.45) is 0 Å². The summed E-state index contributed by atoms with van der Waals surface area (Å²) in [5.41, 5.74) is 4.63. The van der Waals surface area contributed by atoms with E-state index in [1.165, 1.54) is 19.3 Å². The van der Waals surface area contributed by atoms with Crippen molar-refractivity contribution in [3.05, 3.63) is 57.6 Å². The maximum absolute atomic E-state index is 13.2. The van der Waals surface area contributed by atoms with Crippen LogP contribution >= 0.6 is 0 Å². The average Bonchev–Trinajstić information content (AvgIpc) is 3.51. The fourth-order valence-electron chi connectivity index (χ4n) is 5.80. The van der Waals surface area contributed by atoms with Gasteiger partial charge in [-0.3, -0.25) is 19.3 Å². The average molecular weight is 466 g/mol. The molecule has 1 atom stereocenters. The van der Waals surface area contributed by atoms with Crippen molar-refractivity contribution >= 4 is 5.78 Å². The van der Waals surface area contributed by atoms with E-state index in [0.717, 1.165) is 40.8 Å². The monoisotopic (exact) mass is 466 g/mol. The first-order valence-electron chi connectivity index (χ1n) is 11.4. The lowest BCUT2D eigenvalue weighted by Gasteiger charge is -2.45. The summed E-state index contributed by atoms with van der Waals surface area (Å²) in [6.07, 6.45) is 6.90. The summed E-state index contributed by atoms with van der Waals surface area (Å²) in [5.74, 6) is 0.382. The third kappa shape index (κ3) is 2.82. The third-order valence-electron chi connectivity index (χ3n) is 7.32. The molecule has 2 aromatic heterocycles. The van der Waals surface area contributed by atoms with Crippen LogP contribution in [0.1, 0.15) is 67.7 Å². The summed E-state index contributed by atoms with van der Waals surface area (Å²) in [4.78, 5) is 25.1. The van der Waals surface area contributed by atoms with Gasteiger partial charge in [0.2, 0.25) is 0 Å². The number of hydrogen-bond donors (Lipinski definition) is 0. The number of aromatic nitrogens is 3. The van der Waals surface area contributed by atoms with Gasteiger partial charge in [-0.05, 0) is 45.2 Å². The fraction of sp³-hybridized carbons (Fsp3) is 0.400. The predicted molar refractivity (Wildman–Crippen MR) is 122 cm³/mol. The van der Waals surface area contributed by atoms with Gasteiger partial charge in [0.15, 0.2) is 11.2 Å². The first kappa shape index (κ1) is 21.1. The van der Waals surface area contributed by atoms with Crippen LogP contribution in [0, 0.1) is 0 Å². The van der Waals surface area contributed by atoms with Crippen LogP contribution in [0.2, 0.25) is 0 Å². The molecule has 0 spiro atoms. The SMILES string of the molecule is CC(=O)c1cn2c(cc1=O)-c1c(cc(-c3cnn(C(F)F)c3)c3c1CCO3)[C@H]1CCC(C)(C)N12. The lowest BCUT2D eigenvalue weighted by atomic mass is 9.86. The predicted octanol–water partition coefficient (Wildman–Crippen LogP) is 4.48. The number of pyridine rings is 1. The van der Waals surface area contributed by atoms with Crippen LogP contribution in [0.15, 0.2) is 35.5 Å². The number of alkyl halides is 2. The maximum atomic E-state index is 13.2. The Labute approximate surface area is 194 Å². The lowest BCUT2D eigenvalue weighted by Crippen LogP contribution is -2.50. The van der Waals surface area contributed by atoms with Crippen LogP contribution < -0.4 is 15.2 Å². The molecule has 3 aliphatic heterocycles. The maximum Gasteiger partial charge on any atom is 0.333 e. The highest BCUT2D eigenvalue weighted by Crippen LogP contribution is 2.53. The molecule has 1 fully saturated rings. The van der Waals surface area contributed by atoms with Crippen LogP contribution in [-0.4, -0.2) is 32.4 Å². The number of halogens is 2. The summed E-state index contributed by atoms with van der Waals surface area (Å²) < 4.78 is 35.0. The van der Waals surface area contributed by atoms with E-state index < -0.39 is 6.55 Å². The van der Waals surface area contributed by atoms with E-state index in [1.54, 1.807) is 12.3 Å². The molecular weight excluding hydrogens is 442 g/mol. The molecule has 0 aliphatic carbocycles. The van der Waals surface area contributed by atoms with Gasteiger partial charge in [-0.15, -0.1) is 0 Å². The van der Waals surface area contributed by atoms with Crippen molar-refractivity contribution in [1.82, 2.24) is 14.5 Å². The molecule has 1 saturated heterocycles. The number of ether oxygens (including phenoxy) is 1. The van der Waals surface area contributed by atoms with Crippen LogP contribution in [0.5, 0.6) is 5.75 Å². The highest BCUT2D eigenvalue weighted by Gasteiger charge is 2.46. The van der Waals surface area contributed by atoms with E-state index in [9.17, 15) is 18.4 Å². The molecule has 0 radical (unpaired) electrons. The topological polar surface area (TPSA) is 69.4 Å². The van der Waals surface area contributed by atoms with Gasteiger partial charge < -0.3 is 4.74 Å². The minimum absolute atomic E-state index is 0.00889. The molecule has 34 heavy (non-hydrogen) atoms. The second kappa shape index (κ2) is 7.01. The van der Waals surface area contributed by atoms with Gasteiger partial charge in [0.25, 0.3) is 0 Å². The quantitative estimate of drug-likeness (QED) is 0.533. The van der Waals surface area contributed by atoms with E-state index in [1.807, 2.05) is 10.7 Å². The zero-order chi connectivity index (χ0) is 23.9. The van der Waals surface area contributed by atoms with E-state index in [0.29, 0.717) is 29.0 Å². The smallest absolute Gasteiger partial charge is 0.333 e. The van der Waals surface area contributed by atoms with Crippen molar-refractivity contribution in [3.8, 4) is 28.1 Å². The van der Waals surface area contributed by atoms with Crippen LogP contribution in [-0.2, 0) is 6.42 Å². The number of Topliss-reactive ketones (excluding diaryl/α,β-unsaturated/α-hetero) is 1. The molecule has 176 valence electrons. The molecular formula is C25H24F2N4O3. The van der Waals surface area contributed by atoms with Crippen molar-refractivity contribution in [2.75, 3.05) is 11.6 Å². The second-order valence-electron chi connectivity index (χ2n) is 9.83. The third-order valence-corrected chi connectivity index (χ3v) is 7.32. The van der Waals surface area contributed by atoms with Gasteiger partial charge in [0.1, 0.15) is 5.75 Å². The molecule has 6 rings (SSSR count). The minimum atomic E-state index is -2.72. The summed E-state index contributed by atoms with van der Waals surface area (Å²) in [7, 11) is 0. The number of nitrogens with zero attached hydrogens (tertiary/aromatic N) is 4. The molecule has 0 bridgehead atoms. The zero-order valence-corrected chi connectivity index (χ0v) is 19.1. The first-order chi connectivity index (χ1) is 16.2. The highest BCUT2D eigenvalue weighted by molar-refractivity contribution is 5.94. The van der Waals surface area contributed by atoms with Crippen LogP contribution in [0.4, 0.5) is 8.78 Å². The molecule has 3 aromatic rings. The van der Waals surface area contributed by atoms with Crippen molar-refractivity contribution in [3.63, 3.8) is 0 Å². The zero-order valence-electron chi connectivity index (χ0n) is 19.1. The van der Waals surface area contributed by atoms with Gasteiger partial charge in [-0.25, -0.2) is 4.68 Å². The summed E-state index contributed by atoms with van der Waals surface area (Å²) in [6, 6.07) is 3.57. The molecule has 0 saturated carbocycles. The molecule has 5 heterocycles. The Balaban J connectivity index is 1.66. The number of carbonyl (C=O) groups is 1. The summed E-state index contributed by atoms with van der Waals surface area (Å²) in [6.45, 7) is 3.46. The van der Waals surface area contributed by atoms with E-state index >= 15 is 0 Å². The van der Waals surface area contributed by atoms with Crippen molar-refractivity contribution in [1.29, 1.82) is 0 Å². The number of benzene rings is 1. The van der Waals surface area contributed by atoms with Gasteiger partial charge in [0, 0.05) is 47.1 Å². The Morgan fingerprint density at radius 1 is 1.26 bits per heavy atom. The molecule has 9 heteroatoms. The number of ketones is 1. The Hall–Kier alpha value is -3.49. The Morgan fingerprint density at radius 3 is 2.76 bits per heavy atom. The second-order valence-corrected chi connectivity index (χ2v) is 9.83. The van der Waals surface area contributed by atoms with Gasteiger partial charge in [0.05, 0.1) is 35.6 Å². The van der Waals surface area contributed by atoms with Crippen LogP contribution in [0.3, 0.4) is 0 Å². The Bertz CT molecular complexity index is 1420. The minimum Gasteiger partial charge on any atom is -0.492 e. The summed E-state index contributed by atoms with van der Waals surface area (Å²) in [5, 5.41) is 6.06. The van der Waals surface area contributed by atoms with Crippen molar-refractivity contribution in [2.45, 2.75) is 58.2 Å². The molecule has 0 unspecified atom stereocenters. The van der Waals surface area contributed by atoms with Crippen molar-refractivity contribution < 1.29 is 18.3 Å². The van der Waals surface area contributed by atoms with E-state index in [-0.39, 0.29) is 28.4 Å². The van der Waals surface area contributed by atoms with E-state index in [2.05, 4.69) is 24.0 Å². The molecule has 1 aromatic carbocycles. The van der Waals surface area contributed by atoms with Crippen LogP contribution in [0.25, 0.3) is 22.4 Å². The summed E-state index contributed by atoms with van der Waals surface area (Å²) >= 11 is 0. The normalized spacial score (nSPS) is 19.5. The largest absolute Gasteiger partial charge is 0.492 e. The Morgan fingerprint density at radius 2 is 2.06 bits per heavy atom. The number of carbonyl (C=O) groups excluding carboxylic acids is 1. The fourth-order valence-corrected chi connectivity index (χ4v) is 5.80. The lowest BCUT2D eigenvalue weighted by molar-refractivity contribution is 0.0566. The standard InChI is InChI=1S/C25H24F2N4O3/c1-13(32)18-12-30-20(9-21(18)33)22-15-5-7-34-23(15)16(14-10-28-29(11-14)24(26)27)8-17(22)19-4-6-25(2,3)31(19)30/h8-12,19,24H,4-7H2,1-3H3/t19-/m1/s1. The van der Waals surface area contributed by atoms with E-state index in [4.69, 9.17) is 4.74 Å². The molecule has 0 N–H and O–H groups in total. The number of hydrogen-bond acceptors (Lipinski definition) is 5. The number of fused-ring (bicyclic) bond motifs is 8.